The number of carbonyl (C=O) groups is 9. The molecule has 5 aliphatic carbocycles. The first kappa shape index (κ1) is 72.0. The van der Waals surface area contributed by atoms with Gasteiger partial charge in [0.1, 0.15) is 25.4 Å². The Morgan fingerprint density at radius 3 is 1.41 bits per heavy atom. The Hall–Kier alpha value is -8.27. The molecule has 530 valence electrons. The lowest BCUT2D eigenvalue weighted by Gasteiger charge is -2.71. The van der Waals surface area contributed by atoms with E-state index in [1.165, 1.54) is 12.5 Å². The zero-order chi connectivity index (χ0) is 71.0. The first-order valence-electron chi connectivity index (χ1n) is 34.5. The van der Waals surface area contributed by atoms with E-state index >= 15 is 4.79 Å². The highest BCUT2D eigenvalue weighted by Crippen LogP contribution is 2.76. The largest absolute Gasteiger partial charge is 0.463 e. The summed E-state index contributed by atoms with van der Waals surface area (Å²) in [6.07, 6.45) is -6.83. The van der Waals surface area contributed by atoms with Crippen LogP contribution in [0.1, 0.15) is 182 Å². The third-order valence-electron chi connectivity index (χ3n) is 23.2. The summed E-state index contributed by atoms with van der Waals surface area (Å²) >= 11 is 0. The lowest BCUT2D eigenvalue weighted by molar-refractivity contribution is -0.327. The molecule has 0 bridgehead atoms. The number of esters is 9. The lowest BCUT2D eigenvalue weighted by atomic mass is 9.33. The summed E-state index contributed by atoms with van der Waals surface area (Å²) < 4.78 is 74.9. The van der Waals surface area contributed by atoms with Crippen molar-refractivity contribution in [2.45, 2.75) is 208 Å². The molecule has 0 spiro atoms. The molecule has 21 heteroatoms. The SMILES string of the molecule is CC(=O)OC[C@H]1O[C@@H](OC(=O)[C@]23CCC(C)(C)C[C@H]2C2=CC[C@@H]4[C@@]5(C)CC[C@H](O[C@@H]6O[C@H](COC(=O)c7ccccc7)[C@@H](OC(=O)c7ccccc7)[C@H](OC(=O)c7ccccc7)[C@H]6OC(=O)c6ccccc6)C(C)(C)[C@@H]5CC[C@@]4(C)[C@]2(C)CC3)[C@H](OC(C)=O)[C@@H](OC(C)=O)[C@@H]1OC(C)=O. The van der Waals surface area contributed by atoms with Gasteiger partial charge in [0.05, 0.1) is 33.8 Å². The van der Waals surface area contributed by atoms with Crippen molar-refractivity contribution in [2.75, 3.05) is 13.2 Å². The third-order valence-corrected chi connectivity index (χ3v) is 23.2. The van der Waals surface area contributed by atoms with Gasteiger partial charge in [0, 0.05) is 27.7 Å². The summed E-state index contributed by atoms with van der Waals surface area (Å²) in [4.78, 5) is 123. The number of fused-ring (bicyclic) bond motifs is 7. The molecule has 0 radical (unpaired) electrons. The first-order chi connectivity index (χ1) is 47.0. The Labute approximate surface area is 577 Å². The standard InChI is InChI=1S/C78H92O21/c1-45(79)88-43-55-60(90-46(2)80)62(91-47(3)81)64(92-48(4)82)71(94-55)99-72(87)78-40-38-73(5,6)42-54(78)53-32-33-58-75(9)36-35-59(74(7,8)57(75)34-37-77(58,11)76(53,10)39-41-78)95-70-65(98-69(86)52-30-22-15-23-31-52)63(97-68(85)51-28-20-14-21-29-51)61(96-67(84)50-26-18-13-19-27-50)56(93-70)44-89-66(83)49-24-16-12-17-25-49/h12-32,54-65,70-71H,33-44H2,1-11H3/t54-,55+,56+,57-,58+,59-,60+,61+,62-,63-,64+,65+,70-,71-,75-,76+,77+,78-/m0/s1. The monoisotopic (exact) mass is 1360 g/mol. The minimum absolute atomic E-state index is 0.0380. The summed E-state index contributed by atoms with van der Waals surface area (Å²) in [5, 5.41) is 0. The molecule has 4 aromatic rings. The minimum atomic E-state index is -1.68. The van der Waals surface area contributed by atoms with Gasteiger partial charge in [0.25, 0.3) is 0 Å². The van der Waals surface area contributed by atoms with Crippen molar-refractivity contribution >= 4 is 53.7 Å². The van der Waals surface area contributed by atoms with Gasteiger partial charge in [0.15, 0.2) is 36.8 Å². The Morgan fingerprint density at radius 1 is 0.434 bits per heavy atom. The summed E-state index contributed by atoms with van der Waals surface area (Å²) in [5.41, 5.74) is -0.902. The molecule has 99 heavy (non-hydrogen) atoms. The van der Waals surface area contributed by atoms with E-state index < -0.39 is 151 Å². The normalized spacial score (nSPS) is 34.0. The van der Waals surface area contributed by atoms with E-state index in [-0.39, 0.29) is 56.3 Å². The van der Waals surface area contributed by atoms with Crippen LogP contribution < -0.4 is 0 Å². The van der Waals surface area contributed by atoms with Gasteiger partial charge < -0.3 is 56.8 Å². The highest BCUT2D eigenvalue weighted by Gasteiger charge is 2.71. The molecule has 7 aliphatic rings. The van der Waals surface area contributed by atoms with Crippen LogP contribution in [0, 0.1) is 50.2 Å². The molecular formula is C78H92O21. The maximum absolute atomic E-state index is 15.7. The van der Waals surface area contributed by atoms with Gasteiger partial charge in [0.2, 0.25) is 12.4 Å². The van der Waals surface area contributed by atoms with Crippen molar-refractivity contribution in [2.24, 2.45) is 50.2 Å². The number of carbonyl (C=O) groups excluding carboxylic acids is 9. The van der Waals surface area contributed by atoms with Crippen molar-refractivity contribution in [1.29, 1.82) is 0 Å². The average Bonchev–Trinajstić information content (AvgIpc) is 0.678. The predicted molar refractivity (Wildman–Crippen MR) is 354 cm³/mol. The van der Waals surface area contributed by atoms with E-state index in [0.717, 1.165) is 33.6 Å². The molecule has 4 saturated carbocycles. The van der Waals surface area contributed by atoms with Crippen molar-refractivity contribution in [3.05, 3.63) is 155 Å². The number of hydrogen-bond donors (Lipinski definition) is 0. The number of allylic oxidation sites excluding steroid dienone is 2. The second-order valence-electron chi connectivity index (χ2n) is 30.0. The van der Waals surface area contributed by atoms with E-state index in [2.05, 4.69) is 54.5 Å². The Balaban J connectivity index is 0.911. The smallest absolute Gasteiger partial charge is 0.338 e. The first-order valence-corrected chi connectivity index (χ1v) is 34.5. The van der Waals surface area contributed by atoms with Crippen molar-refractivity contribution in [1.82, 2.24) is 0 Å². The Bertz CT molecular complexity index is 3690. The van der Waals surface area contributed by atoms with Crippen LogP contribution in [0.4, 0.5) is 0 Å². The Morgan fingerprint density at radius 2 is 0.879 bits per heavy atom. The fourth-order valence-electron chi connectivity index (χ4n) is 18.1. The van der Waals surface area contributed by atoms with Crippen LogP contribution >= 0.6 is 0 Å². The topological polar surface area (TPSA) is 264 Å². The molecular weight excluding hydrogens is 1270 g/mol. The second-order valence-corrected chi connectivity index (χ2v) is 30.0. The molecule has 0 amide bonds. The highest BCUT2D eigenvalue weighted by atomic mass is 16.8. The highest BCUT2D eigenvalue weighted by molar-refractivity contribution is 5.92. The van der Waals surface area contributed by atoms with Crippen LogP contribution in [-0.2, 0) is 80.8 Å². The zero-order valence-corrected chi connectivity index (χ0v) is 58.3. The number of ether oxygens (including phenoxy) is 12. The number of benzene rings is 4. The Kier molecular flexibility index (Phi) is 20.9. The molecule has 21 nitrogen and oxygen atoms in total. The molecule has 2 heterocycles. The van der Waals surface area contributed by atoms with Crippen LogP contribution in [-0.4, -0.2) is 134 Å². The van der Waals surface area contributed by atoms with E-state index in [9.17, 15) is 38.4 Å². The van der Waals surface area contributed by atoms with Gasteiger partial charge >= 0.3 is 53.7 Å². The molecule has 2 saturated heterocycles. The van der Waals surface area contributed by atoms with E-state index in [4.69, 9.17) is 56.8 Å². The van der Waals surface area contributed by atoms with Gasteiger partial charge in [-0.2, -0.15) is 0 Å². The summed E-state index contributed by atoms with van der Waals surface area (Å²) in [6.45, 7) is 19.7. The van der Waals surface area contributed by atoms with Crippen LogP contribution in [0.5, 0.6) is 0 Å². The van der Waals surface area contributed by atoms with Gasteiger partial charge in [-0.1, -0.05) is 133 Å². The molecule has 11 rings (SSSR count). The maximum atomic E-state index is 15.7. The van der Waals surface area contributed by atoms with Crippen molar-refractivity contribution in [3.8, 4) is 0 Å². The van der Waals surface area contributed by atoms with Gasteiger partial charge in [-0.05, 0) is 158 Å². The van der Waals surface area contributed by atoms with Crippen LogP contribution in [0.3, 0.4) is 0 Å². The third kappa shape index (κ3) is 14.4. The second kappa shape index (κ2) is 28.8. The predicted octanol–water partition coefficient (Wildman–Crippen LogP) is 12.1. The quantitative estimate of drug-likeness (QED) is 0.0388. The number of hydrogen-bond acceptors (Lipinski definition) is 21. The van der Waals surface area contributed by atoms with Gasteiger partial charge in [-0.3, -0.25) is 24.0 Å². The molecule has 4 aromatic carbocycles. The lowest BCUT2D eigenvalue weighted by Crippen LogP contribution is -2.67. The molecule has 2 aliphatic heterocycles. The zero-order valence-electron chi connectivity index (χ0n) is 58.3. The van der Waals surface area contributed by atoms with Gasteiger partial charge in [-0.15, -0.1) is 0 Å². The van der Waals surface area contributed by atoms with Crippen molar-refractivity contribution in [3.63, 3.8) is 0 Å². The fraction of sp³-hybridized carbons (Fsp3) is 0.551. The van der Waals surface area contributed by atoms with Crippen LogP contribution in [0.25, 0.3) is 0 Å². The molecule has 0 N–H and O–H groups in total. The van der Waals surface area contributed by atoms with Crippen LogP contribution in [0.2, 0.25) is 0 Å². The van der Waals surface area contributed by atoms with E-state index in [0.29, 0.717) is 51.4 Å². The summed E-state index contributed by atoms with van der Waals surface area (Å²) in [5.74, 6) is -6.89. The van der Waals surface area contributed by atoms with Crippen molar-refractivity contribution < 1.29 is 100.0 Å². The molecule has 18 atom stereocenters. The minimum Gasteiger partial charge on any atom is -0.463 e. The maximum Gasteiger partial charge on any atom is 0.338 e. The van der Waals surface area contributed by atoms with Gasteiger partial charge in [-0.25, -0.2) is 19.2 Å². The fourth-order valence-corrected chi connectivity index (χ4v) is 18.1. The molecule has 0 unspecified atom stereocenters. The molecule has 6 fully saturated rings. The molecule has 0 aromatic heterocycles. The summed E-state index contributed by atoms with van der Waals surface area (Å²) in [7, 11) is 0. The van der Waals surface area contributed by atoms with E-state index in [1.54, 1.807) is 121 Å². The number of rotatable bonds is 18. The van der Waals surface area contributed by atoms with E-state index in [1.807, 2.05) is 0 Å². The van der Waals surface area contributed by atoms with Crippen LogP contribution in [0.15, 0.2) is 133 Å². The average molecular weight is 1370 g/mol. The summed E-state index contributed by atoms with van der Waals surface area (Å²) in [6, 6.07) is 33.1.